The Bertz CT molecular complexity index is 501. The Morgan fingerprint density at radius 1 is 1.50 bits per heavy atom. The van der Waals surface area contributed by atoms with E-state index in [0.29, 0.717) is 10.6 Å². The van der Waals surface area contributed by atoms with Gasteiger partial charge in [-0.25, -0.2) is 9.78 Å². The lowest BCUT2D eigenvalue weighted by molar-refractivity contribution is -0.145. The first kappa shape index (κ1) is 16.6. The maximum Gasteiger partial charge on any atom is 0.331 e. The number of aryl methyl sites for hydroxylation is 2. The molecule has 1 heterocycles. The van der Waals surface area contributed by atoms with Crippen LogP contribution in [0.4, 0.5) is 0 Å². The van der Waals surface area contributed by atoms with Crippen molar-refractivity contribution in [3.8, 4) is 0 Å². The zero-order valence-corrected chi connectivity index (χ0v) is 13.0. The molecule has 0 saturated carbocycles. The molecule has 0 aliphatic carbocycles. The van der Waals surface area contributed by atoms with E-state index in [1.807, 2.05) is 6.92 Å². The average molecular weight is 300 g/mol. The Labute approximate surface area is 122 Å². The summed E-state index contributed by atoms with van der Waals surface area (Å²) in [6.07, 6.45) is 1.76. The molecular weight excluding hydrogens is 280 g/mol. The van der Waals surface area contributed by atoms with Crippen LogP contribution in [0.15, 0.2) is 0 Å². The monoisotopic (exact) mass is 300 g/mol. The van der Waals surface area contributed by atoms with Crippen molar-refractivity contribution < 1.29 is 19.4 Å². The first-order valence-electron chi connectivity index (χ1n) is 6.35. The maximum atomic E-state index is 12.2. The first-order chi connectivity index (χ1) is 9.34. The van der Waals surface area contributed by atoms with E-state index in [9.17, 15) is 14.7 Å². The Hall–Kier alpha value is -1.47. The maximum absolute atomic E-state index is 12.2. The summed E-state index contributed by atoms with van der Waals surface area (Å²) >= 11 is 1.31. The molecule has 0 aliphatic heterocycles. The van der Waals surface area contributed by atoms with E-state index < -0.39 is 17.4 Å². The number of carboxylic acids is 1. The summed E-state index contributed by atoms with van der Waals surface area (Å²) in [5.74, 6) is -1.56. The van der Waals surface area contributed by atoms with Crippen LogP contribution in [0.1, 0.15) is 40.6 Å². The van der Waals surface area contributed by atoms with Gasteiger partial charge in [-0.05, 0) is 26.7 Å². The highest BCUT2D eigenvalue weighted by atomic mass is 32.1. The Morgan fingerprint density at radius 3 is 2.65 bits per heavy atom. The van der Waals surface area contributed by atoms with Gasteiger partial charge < -0.3 is 15.2 Å². The number of rotatable bonds is 7. The summed E-state index contributed by atoms with van der Waals surface area (Å²) < 4.78 is 4.87. The van der Waals surface area contributed by atoms with Gasteiger partial charge in [-0.1, -0.05) is 6.92 Å². The lowest BCUT2D eigenvalue weighted by Crippen LogP contribution is -2.55. The largest absolute Gasteiger partial charge is 0.479 e. The molecule has 2 N–H and O–H groups in total. The molecule has 0 bridgehead atoms. The fourth-order valence-corrected chi connectivity index (χ4v) is 2.79. The van der Waals surface area contributed by atoms with Crippen LogP contribution in [0.2, 0.25) is 0 Å². The van der Waals surface area contributed by atoms with Crippen LogP contribution < -0.4 is 5.32 Å². The van der Waals surface area contributed by atoms with Gasteiger partial charge in [-0.2, -0.15) is 0 Å². The highest BCUT2D eigenvalue weighted by Gasteiger charge is 2.36. The summed E-state index contributed by atoms with van der Waals surface area (Å²) in [6, 6.07) is 0. The predicted molar refractivity (Wildman–Crippen MR) is 76.2 cm³/mol. The quantitative estimate of drug-likeness (QED) is 0.799. The van der Waals surface area contributed by atoms with Gasteiger partial charge in [0.05, 0.1) is 17.3 Å². The number of ether oxygens (including phenoxy) is 1. The highest BCUT2D eigenvalue weighted by Crippen LogP contribution is 2.20. The zero-order valence-electron chi connectivity index (χ0n) is 12.1. The molecule has 1 atom stereocenters. The number of aliphatic carboxylic acids is 1. The van der Waals surface area contributed by atoms with Crippen LogP contribution in [-0.2, 0) is 16.0 Å². The molecule has 0 fully saturated rings. The third kappa shape index (κ3) is 3.77. The van der Waals surface area contributed by atoms with Gasteiger partial charge in [-0.3, -0.25) is 4.79 Å². The molecule has 1 aromatic rings. The van der Waals surface area contributed by atoms with E-state index in [-0.39, 0.29) is 6.61 Å². The summed E-state index contributed by atoms with van der Waals surface area (Å²) in [5.41, 5.74) is -0.825. The van der Waals surface area contributed by atoms with Crippen LogP contribution in [0.3, 0.4) is 0 Å². The van der Waals surface area contributed by atoms with E-state index in [0.717, 1.165) is 17.8 Å². The fourth-order valence-electron chi connectivity index (χ4n) is 1.73. The molecule has 112 valence electrons. The number of carboxylic acid groups (broad SMARTS) is 1. The molecule has 0 radical (unpaired) electrons. The van der Waals surface area contributed by atoms with Gasteiger partial charge in [0.2, 0.25) is 0 Å². The number of aromatic nitrogens is 1. The van der Waals surface area contributed by atoms with Gasteiger partial charge in [0.1, 0.15) is 4.88 Å². The number of nitrogens with zero attached hydrogens (tertiary/aromatic N) is 1. The van der Waals surface area contributed by atoms with Crippen molar-refractivity contribution in [3.63, 3.8) is 0 Å². The van der Waals surface area contributed by atoms with Gasteiger partial charge in [-0.15, -0.1) is 11.3 Å². The standard InChI is InChI=1S/C13H20N2O4S/c1-5-6-9-14-8(2)10(20-9)11(16)15-13(3,7-19-4)12(17)18/h5-7H2,1-4H3,(H,15,16)(H,17,18). The van der Waals surface area contributed by atoms with Crippen molar-refractivity contribution in [1.29, 1.82) is 0 Å². The van der Waals surface area contributed by atoms with Gasteiger partial charge >= 0.3 is 5.97 Å². The van der Waals surface area contributed by atoms with Crippen molar-refractivity contribution >= 4 is 23.2 Å². The van der Waals surface area contributed by atoms with Gasteiger partial charge in [0.25, 0.3) is 5.91 Å². The van der Waals surface area contributed by atoms with E-state index in [4.69, 9.17) is 4.74 Å². The second-order valence-electron chi connectivity index (χ2n) is 4.80. The minimum absolute atomic E-state index is 0.103. The van der Waals surface area contributed by atoms with Crippen LogP contribution in [0, 0.1) is 6.92 Å². The second-order valence-corrected chi connectivity index (χ2v) is 5.88. The lowest BCUT2D eigenvalue weighted by atomic mass is 10.0. The van der Waals surface area contributed by atoms with Crippen molar-refractivity contribution in [2.75, 3.05) is 13.7 Å². The summed E-state index contributed by atoms with van der Waals surface area (Å²) in [4.78, 5) is 28.3. The Kier molecular flexibility index (Phi) is 5.64. The number of methoxy groups -OCH3 is 1. The topological polar surface area (TPSA) is 88.5 Å². The minimum Gasteiger partial charge on any atom is -0.479 e. The van der Waals surface area contributed by atoms with Crippen molar-refractivity contribution in [1.82, 2.24) is 10.3 Å². The lowest BCUT2D eigenvalue weighted by Gasteiger charge is -2.24. The summed E-state index contributed by atoms with van der Waals surface area (Å²) in [7, 11) is 1.39. The van der Waals surface area contributed by atoms with E-state index in [1.54, 1.807) is 6.92 Å². The predicted octanol–water partition coefficient (Wildman–Crippen LogP) is 1.62. The second kappa shape index (κ2) is 6.81. The van der Waals surface area contributed by atoms with Crippen LogP contribution in [0.5, 0.6) is 0 Å². The number of hydrogen-bond donors (Lipinski definition) is 2. The van der Waals surface area contributed by atoms with Crippen molar-refractivity contribution in [2.45, 2.75) is 39.2 Å². The molecule has 1 amide bonds. The van der Waals surface area contributed by atoms with Crippen LogP contribution in [0.25, 0.3) is 0 Å². The van der Waals surface area contributed by atoms with E-state index in [2.05, 4.69) is 10.3 Å². The summed E-state index contributed by atoms with van der Waals surface area (Å²) in [5, 5.41) is 12.6. The molecule has 0 aliphatic rings. The average Bonchev–Trinajstić information content (AvgIpc) is 2.71. The van der Waals surface area contributed by atoms with Crippen molar-refractivity contribution in [3.05, 3.63) is 15.6 Å². The third-order valence-electron chi connectivity index (χ3n) is 2.81. The first-order valence-corrected chi connectivity index (χ1v) is 7.16. The Balaban J connectivity index is 2.92. The minimum atomic E-state index is -1.45. The number of hydrogen-bond acceptors (Lipinski definition) is 5. The summed E-state index contributed by atoms with van der Waals surface area (Å²) in [6.45, 7) is 5.10. The molecule has 6 nitrogen and oxygen atoms in total. The molecule has 0 aromatic carbocycles. The molecule has 1 rings (SSSR count). The number of carbonyl (C=O) groups excluding carboxylic acids is 1. The molecule has 1 aromatic heterocycles. The molecular formula is C13H20N2O4S. The normalized spacial score (nSPS) is 13.8. The van der Waals surface area contributed by atoms with Crippen LogP contribution in [-0.4, -0.2) is 41.2 Å². The van der Waals surface area contributed by atoms with E-state index >= 15 is 0 Å². The van der Waals surface area contributed by atoms with Gasteiger partial charge in [0, 0.05) is 7.11 Å². The SMILES string of the molecule is CCCc1nc(C)c(C(=O)NC(C)(COC)C(=O)O)s1. The molecule has 0 spiro atoms. The number of carbonyl (C=O) groups is 2. The molecule has 1 unspecified atom stereocenters. The highest BCUT2D eigenvalue weighted by molar-refractivity contribution is 7.13. The smallest absolute Gasteiger partial charge is 0.331 e. The van der Waals surface area contributed by atoms with E-state index in [1.165, 1.54) is 25.4 Å². The van der Waals surface area contributed by atoms with Crippen LogP contribution >= 0.6 is 11.3 Å². The van der Waals surface area contributed by atoms with Gasteiger partial charge in [0.15, 0.2) is 5.54 Å². The molecule has 7 heteroatoms. The number of amides is 1. The third-order valence-corrected chi connectivity index (χ3v) is 4.02. The number of nitrogens with one attached hydrogen (secondary N) is 1. The number of thiazole rings is 1. The zero-order chi connectivity index (χ0) is 15.3. The molecule has 20 heavy (non-hydrogen) atoms. The van der Waals surface area contributed by atoms with Crippen molar-refractivity contribution in [2.24, 2.45) is 0 Å². The fraction of sp³-hybridized carbons (Fsp3) is 0.615. The molecule has 0 saturated heterocycles. The Morgan fingerprint density at radius 2 is 2.15 bits per heavy atom.